The lowest BCUT2D eigenvalue weighted by Gasteiger charge is -2.24. The van der Waals surface area contributed by atoms with Crippen LogP contribution in [0.3, 0.4) is 0 Å². The van der Waals surface area contributed by atoms with Crippen LogP contribution in [0, 0.1) is 6.92 Å². The number of hydrogen-bond acceptors (Lipinski definition) is 4. The SMILES string of the molecule is Cc1c(C(=O)N(C)C2CCCC2)csc1S(N)(=O)=O. The topological polar surface area (TPSA) is 80.5 Å². The number of carbonyl (C=O) groups is 1. The van der Waals surface area contributed by atoms with Crippen molar-refractivity contribution in [1.29, 1.82) is 0 Å². The number of sulfonamides is 1. The van der Waals surface area contributed by atoms with E-state index in [0.717, 1.165) is 37.0 Å². The molecule has 106 valence electrons. The van der Waals surface area contributed by atoms with E-state index < -0.39 is 10.0 Å². The second kappa shape index (κ2) is 5.22. The number of thiophene rings is 1. The Balaban J connectivity index is 2.27. The van der Waals surface area contributed by atoms with Crippen molar-refractivity contribution < 1.29 is 13.2 Å². The highest BCUT2D eigenvalue weighted by molar-refractivity contribution is 7.91. The summed E-state index contributed by atoms with van der Waals surface area (Å²) < 4.78 is 22.8. The maximum Gasteiger partial charge on any atom is 0.255 e. The zero-order valence-corrected chi connectivity index (χ0v) is 12.7. The molecule has 5 nitrogen and oxygen atoms in total. The predicted octanol–water partition coefficient (Wildman–Crippen LogP) is 1.72. The van der Waals surface area contributed by atoms with Crippen LogP contribution < -0.4 is 5.14 Å². The first-order valence-corrected chi connectivity index (χ1v) is 8.63. The first kappa shape index (κ1) is 14.5. The van der Waals surface area contributed by atoms with E-state index in [1.165, 1.54) is 0 Å². The standard InChI is InChI=1S/C12H18N2O3S2/c1-8-10(7-18-12(8)19(13,16)17)11(15)14(2)9-5-3-4-6-9/h7,9H,3-6H2,1-2H3,(H2,13,16,17). The van der Waals surface area contributed by atoms with Crippen molar-refractivity contribution >= 4 is 27.3 Å². The summed E-state index contributed by atoms with van der Waals surface area (Å²) in [5.41, 5.74) is 0.908. The minimum atomic E-state index is -3.74. The molecule has 1 aliphatic rings. The number of nitrogens with two attached hydrogens (primary N) is 1. The molecule has 0 atom stereocenters. The van der Waals surface area contributed by atoms with Crippen molar-refractivity contribution in [2.24, 2.45) is 5.14 Å². The van der Waals surface area contributed by atoms with Gasteiger partial charge in [0.1, 0.15) is 4.21 Å². The maximum absolute atomic E-state index is 12.4. The Hall–Kier alpha value is -0.920. The van der Waals surface area contributed by atoms with Crippen molar-refractivity contribution in [3.63, 3.8) is 0 Å². The highest BCUT2D eigenvalue weighted by Gasteiger charge is 2.27. The third-order valence-corrected chi connectivity index (χ3v) is 6.36. The van der Waals surface area contributed by atoms with Gasteiger partial charge in [-0.1, -0.05) is 12.8 Å². The molecule has 1 heterocycles. The number of hydrogen-bond donors (Lipinski definition) is 1. The van der Waals surface area contributed by atoms with Crippen molar-refractivity contribution in [2.75, 3.05) is 7.05 Å². The largest absolute Gasteiger partial charge is 0.339 e. The van der Waals surface area contributed by atoms with E-state index >= 15 is 0 Å². The summed E-state index contributed by atoms with van der Waals surface area (Å²) >= 11 is 1.01. The van der Waals surface area contributed by atoms with Gasteiger partial charge < -0.3 is 4.90 Å². The molecule has 1 aromatic rings. The average Bonchev–Trinajstić information content (AvgIpc) is 2.94. The summed E-state index contributed by atoms with van der Waals surface area (Å²) in [6.07, 6.45) is 4.33. The van der Waals surface area contributed by atoms with Crippen molar-refractivity contribution in [2.45, 2.75) is 42.9 Å². The van der Waals surface area contributed by atoms with Gasteiger partial charge in [0.15, 0.2) is 0 Å². The molecule has 0 aliphatic heterocycles. The normalized spacial score (nSPS) is 16.8. The first-order chi connectivity index (χ1) is 8.82. The molecular weight excluding hydrogens is 284 g/mol. The smallest absolute Gasteiger partial charge is 0.255 e. The highest BCUT2D eigenvalue weighted by atomic mass is 32.2. The molecule has 0 aromatic carbocycles. The zero-order valence-electron chi connectivity index (χ0n) is 11.0. The lowest BCUT2D eigenvalue weighted by molar-refractivity contribution is 0.0735. The molecule has 1 aromatic heterocycles. The summed E-state index contributed by atoms with van der Waals surface area (Å²) in [6.45, 7) is 1.63. The van der Waals surface area contributed by atoms with Gasteiger partial charge in [0, 0.05) is 18.5 Å². The van der Waals surface area contributed by atoms with E-state index in [2.05, 4.69) is 0 Å². The number of amides is 1. The third kappa shape index (κ3) is 2.82. The molecule has 1 amide bonds. The van der Waals surface area contributed by atoms with Gasteiger partial charge in [-0.25, -0.2) is 13.6 Å². The summed E-state index contributed by atoms with van der Waals surface area (Å²) in [5.74, 6) is -0.115. The summed E-state index contributed by atoms with van der Waals surface area (Å²) in [4.78, 5) is 14.1. The molecule has 1 fully saturated rings. The molecule has 0 radical (unpaired) electrons. The van der Waals surface area contributed by atoms with Gasteiger partial charge >= 0.3 is 0 Å². The molecule has 0 unspecified atom stereocenters. The van der Waals surface area contributed by atoms with Crippen LogP contribution in [0.4, 0.5) is 0 Å². The van der Waals surface area contributed by atoms with Crippen LogP contribution in [0.15, 0.2) is 9.59 Å². The third-order valence-electron chi connectivity index (χ3n) is 3.68. The lowest BCUT2D eigenvalue weighted by Crippen LogP contribution is -2.35. The molecule has 1 aliphatic carbocycles. The van der Waals surface area contributed by atoms with Crippen molar-refractivity contribution in [3.8, 4) is 0 Å². The molecule has 0 bridgehead atoms. The molecule has 2 rings (SSSR count). The van der Waals surface area contributed by atoms with E-state index in [4.69, 9.17) is 5.14 Å². The minimum absolute atomic E-state index is 0.0793. The van der Waals surface area contributed by atoms with Crippen molar-refractivity contribution in [3.05, 3.63) is 16.5 Å². The van der Waals surface area contributed by atoms with Crippen LogP contribution in [0.5, 0.6) is 0 Å². The Bertz CT molecular complexity index is 586. The van der Waals surface area contributed by atoms with E-state index in [1.54, 1.807) is 24.3 Å². The van der Waals surface area contributed by atoms with Crippen LogP contribution >= 0.6 is 11.3 Å². The van der Waals surface area contributed by atoms with Crippen LogP contribution in [-0.2, 0) is 10.0 Å². The summed E-state index contributed by atoms with van der Waals surface area (Å²) in [6, 6.07) is 0.268. The Morgan fingerprint density at radius 3 is 2.47 bits per heavy atom. The molecule has 0 saturated heterocycles. The minimum Gasteiger partial charge on any atom is -0.339 e. The lowest BCUT2D eigenvalue weighted by atomic mass is 10.1. The van der Waals surface area contributed by atoms with Gasteiger partial charge in [0.2, 0.25) is 10.0 Å². The summed E-state index contributed by atoms with van der Waals surface area (Å²) in [7, 11) is -1.96. The average molecular weight is 302 g/mol. The summed E-state index contributed by atoms with van der Waals surface area (Å²) in [5, 5.41) is 6.71. The van der Waals surface area contributed by atoms with E-state index in [-0.39, 0.29) is 16.2 Å². The van der Waals surface area contributed by atoms with Crippen LogP contribution in [0.25, 0.3) is 0 Å². The maximum atomic E-state index is 12.4. The first-order valence-electron chi connectivity index (χ1n) is 6.20. The second-order valence-corrected chi connectivity index (χ2v) is 7.60. The van der Waals surface area contributed by atoms with E-state index in [9.17, 15) is 13.2 Å². The Morgan fingerprint density at radius 1 is 1.42 bits per heavy atom. The number of nitrogens with zero attached hydrogens (tertiary/aromatic N) is 1. The predicted molar refractivity (Wildman–Crippen MR) is 74.8 cm³/mol. The fourth-order valence-corrected chi connectivity index (χ4v) is 4.54. The molecule has 2 N–H and O–H groups in total. The van der Waals surface area contributed by atoms with Crippen LogP contribution in [0.2, 0.25) is 0 Å². The monoisotopic (exact) mass is 302 g/mol. The van der Waals surface area contributed by atoms with E-state index in [0.29, 0.717) is 11.1 Å². The number of primary sulfonamides is 1. The van der Waals surface area contributed by atoms with Gasteiger partial charge in [0.05, 0.1) is 5.56 Å². The fourth-order valence-electron chi connectivity index (χ4n) is 2.54. The molecule has 7 heteroatoms. The van der Waals surface area contributed by atoms with Gasteiger partial charge in [-0.05, 0) is 25.3 Å². The fraction of sp³-hybridized carbons (Fsp3) is 0.583. The Labute approximate surface area is 117 Å². The van der Waals surface area contributed by atoms with Gasteiger partial charge in [-0.2, -0.15) is 0 Å². The van der Waals surface area contributed by atoms with Gasteiger partial charge in [-0.15, -0.1) is 11.3 Å². The van der Waals surface area contributed by atoms with Crippen LogP contribution in [0.1, 0.15) is 41.6 Å². The van der Waals surface area contributed by atoms with Gasteiger partial charge in [0.25, 0.3) is 5.91 Å². The van der Waals surface area contributed by atoms with Crippen LogP contribution in [-0.4, -0.2) is 32.3 Å². The Morgan fingerprint density at radius 2 is 2.00 bits per heavy atom. The number of carbonyl (C=O) groups excluding carboxylic acids is 1. The molecule has 1 saturated carbocycles. The van der Waals surface area contributed by atoms with Gasteiger partial charge in [-0.3, -0.25) is 4.79 Å². The van der Waals surface area contributed by atoms with Crippen molar-refractivity contribution in [1.82, 2.24) is 4.90 Å². The molecule has 0 spiro atoms. The molecule has 19 heavy (non-hydrogen) atoms. The quantitative estimate of drug-likeness (QED) is 0.923. The molecular formula is C12H18N2O3S2. The number of rotatable bonds is 3. The Kier molecular flexibility index (Phi) is 3.98. The second-order valence-electron chi connectivity index (χ2n) is 4.96. The van der Waals surface area contributed by atoms with E-state index in [1.807, 2.05) is 0 Å². The zero-order chi connectivity index (χ0) is 14.2. The highest BCUT2D eigenvalue weighted by Crippen LogP contribution is 2.29.